The predicted octanol–water partition coefficient (Wildman–Crippen LogP) is 5.49. The van der Waals surface area contributed by atoms with Gasteiger partial charge >= 0.3 is 0 Å². The third-order valence-electron chi connectivity index (χ3n) is 5.39. The summed E-state index contributed by atoms with van der Waals surface area (Å²) in [4.78, 5) is 27.4. The smallest absolute Gasteiger partial charge is 0.242 e. The molecule has 1 N–H and O–H groups in total. The standard InChI is InChI=1S/C25H32Cl2N2O4/c1-5-17(2)28-25(31)18(3)29(16-19-8-9-20(26)15-23(19)27)24(30)7-6-14-33-22-12-10-21(32-4)11-13-22/h8-13,15,17-18H,5-7,14,16H2,1-4H3,(H,28,31)/t17-,18+/m1/s1. The van der Waals surface area contributed by atoms with Gasteiger partial charge in [-0.2, -0.15) is 0 Å². The van der Waals surface area contributed by atoms with Gasteiger partial charge in [0, 0.05) is 29.1 Å². The predicted molar refractivity (Wildman–Crippen MR) is 132 cm³/mol. The number of carbonyl (C=O) groups excluding carboxylic acids is 2. The van der Waals surface area contributed by atoms with Crippen LogP contribution in [0.2, 0.25) is 10.0 Å². The first-order valence-corrected chi connectivity index (χ1v) is 11.8. The van der Waals surface area contributed by atoms with E-state index in [1.807, 2.05) is 38.1 Å². The number of hydrogen-bond donors (Lipinski definition) is 1. The van der Waals surface area contributed by atoms with Crippen LogP contribution in [0.25, 0.3) is 0 Å². The SMILES string of the molecule is CC[C@@H](C)NC(=O)[C@H](C)N(Cc1ccc(Cl)cc1Cl)C(=O)CCCOc1ccc(OC)cc1. The highest BCUT2D eigenvalue weighted by Gasteiger charge is 2.27. The number of nitrogens with one attached hydrogen (secondary N) is 1. The van der Waals surface area contributed by atoms with Crippen LogP contribution in [0.4, 0.5) is 0 Å². The van der Waals surface area contributed by atoms with Crippen molar-refractivity contribution in [3.05, 3.63) is 58.1 Å². The van der Waals surface area contributed by atoms with Crippen molar-refractivity contribution in [3.63, 3.8) is 0 Å². The number of amides is 2. The van der Waals surface area contributed by atoms with Crippen molar-refractivity contribution in [2.75, 3.05) is 13.7 Å². The minimum absolute atomic E-state index is 0.0221. The maximum atomic E-state index is 13.1. The van der Waals surface area contributed by atoms with Crippen molar-refractivity contribution in [2.24, 2.45) is 0 Å². The fourth-order valence-electron chi connectivity index (χ4n) is 3.11. The molecule has 180 valence electrons. The fraction of sp³-hybridized carbons (Fsp3) is 0.440. The highest BCUT2D eigenvalue weighted by molar-refractivity contribution is 6.35. The van der Waals surface area contributed by atoms with Crippen LogP contribution < -0.4 is 14.8 Å². The Morgan fingerprint density at radius 2 is 1.73 bits per heavy atom. The Bertz CT molecular complexity index is 921. The molecule has 6 nitrogen and oxygen atoms in total. The molecule has 2 amide bonds. The van der Waals surface area contributed by atoms with Crippen molar-refractivity contribution >= 4 is 35.0 Å². The highest BCUT2D eigenvalue weighted by atomic mass is 35.5. The molecule has 0 saturated carbocycles. The lowest BCUT2D eigenvalue weighted by atomic mass is 10.1. The summed E-state index contributed by atoms with van der Waals surface area (Å²) in [6.45, 7) is 6.25. The molecule has 0 aliphatic carbocycles. The third-order valence-corrected chi connectivity index (χ3v) is 5.97. The molecule has 2 aromatic carbocycles. The number of rotatable bonds is 12. The average Bonchev–Trinajstić information content (AvgIpc) is 2.81. The Morgan fingerprint density at radius 1 is 1.06 bits per heavy atom. The van der Waals surface area contributed by atoms with Crippen LogP contribution in [-0.2, 0) is 16.1 Å². The van der Waals surface area contributed by atoms with E-state index < -0.39 is 6.04 Å². The second-order valence-corrected chi connectivity index (χ2v) is 8.72. The van der Waals surface area contributed by atoms with Crippen LogP contribution in [0.5, 0.6) is 11.5 Å². The lowest BCUT2D eigenvalue weighted by Gasteiger charge is -2.30. The Labute approximate surface area is 206 Å². The maximum absolute atomic E-state index is 13.1. The normalized spacial score (nSPS) is 12.5. The monoisotopic (exact) mass is 494 g/mol. The largest absolute Gasteiger partial charge is 0.497 e. The summed E-state index contributed by atoms with van der Waals surface area (Å²) in [6.07, 6.45) is 1.55. The van der Waals surface area contributed by atoms with Gasteiger partial charge in [0.1, 0.15) is 17.5 Å². The Morgan fingerprint density at radius 3 is 2.33 bits per heavy atom. The second-order valence-electron chi connectivity index (χ2n) is 7.88. The molecular formula is C25H32Cl2N2O4. The Hall–Kier alpha value is -2.44. The van der Waals surface area contributed by atoms with Crippen LogP contribution in [0.3, 0.4) is 0 Å². The van der Waals surface area contributed by atoms with Gasteiger partial charge in [-0.25, -0.2) is 0 Å². The van der Waals surface area contributed by atoms with E-state index in [2.05, 4.69) is 5.32 Å². The molecule has 0 radical (unpaired) electrons. The second kappa shape index (κ2) is 13.3. The van der Waals surface area contributed by atoms with Gasteiger partial charge in [-0.15, -0.1) is 0 Å². The Kier molecular flexibility index (Phi) is 10.8. The lowest BCUT2D eigenvalue weighted by Crippen LogP contribution is -2.49. The zero-order valence-corrected chi connectivity index (χ0v) is 21.1. The first kappa shape index (κ1) is 26.8. The number of methoxy groups -OCH3 is 1. The number of ether oxygens (including phenoxy) is 2. The molecule has 8 heteroatoms. The average molecular weight is 495 g/mol. The van der Waals surface area contributed by atoms with Crippen LogP contribution in [-0.4, -0.2) is 42.5 Å². The van der Waals surface area contributed by atoms with E-state index in [1.165, 1.54) is 0 Å². The summed E-state index contributed by atoms with van der Waals surface area (Å²) >= 11 is 12.3. The molecule has 0 aromatic heterocycles. The summed E-state index contributed by atoms with van der Waals surface area (Å²) in [6, 6.07) is 11.8. The van der Waals surface area contributed by atoms with Gasteiger partial charge in [0.2, 0.25) is 11.8 Å². The quantitative estimate of drug-likeness (QED) is 0.396. The van der Waals surface area contributed by atoms with Crippen molar-refractivity contribution in [1.29, 1.82) is 0 Å². The molecule has 0 fully saturated rings. The molecule has 0 unspecified atom stereocenters. The van der Waals surface area contributed by atoms with E-state index in [0.717, 1.165) is 17.7 Å². The molecule has 2 aromatic rings. The number of carbonyl (C=O) groups is 2. The van der Waals surface area contributed by atoms with E-state index >= 15 is 0 Å². The molecular weight excluding hydrogens is 463 g/mol. The van der Waals surface area contributed by atoms with Gasteiger partial charge < -0.3 is 19.7 Å². The van der Waals surface area contributed by atoms with E-state index in [1.54, 1.807) is 37.1 Å². The third kappa shape index (κ3) is 8.45. The van der Waals surface area contributed by atoms with E-state index in [9.17, 15) is 9.59 Å². The van der Waals surface area contributed by atoms with E-state index in [4.69, 9.17) is 32.7 Å². The minimum Gasteiger partial charge on any atom is -0.497 e. The Balaban J connectivity index is 2.03. The molecule has 0 aliphatic heterocycles. The zero-order valence-electron chi connectivity index (χ0n) is 19.6. The number of benzene rings is 2. The van der Waals surface area contributed by atoms with Crippen molar-refractivity contribution in [1.82, 2.24) is 10.2 Å². The molecule has 33 heavy (non-hydrogen) atoms. The topological polar surface area (TPSA) is 67.9 Å². The highest BCUT2D eigenvalue weighted by Crippen LogP contribution is 2.24. The van der Waals surface area contributed by atoms with Crippen LogP contribution in [0.15, 0.2) is 42.5 Å². The van der Waals surface area contributed by atoms with Crippen molar-refractivity contribution in [2.45, 2.75) is 58.7 Å². The summed E-state index contributed by atoms with van der Waals surface area (Å²) in [5, 5.41) is 3.92. The van der Waals surface area contributed by atoms with Crippen molar-refractivity contribution in [3.8, 4) is 11.5 Å². The van der Waals surface area contributed by atoms with Crippen LogP contribution >= 0.6 is 23.2 Å². The van der Waals surface area contributed by atoms with E-state index in [-0.39, 0.29) is 30.8 Å². The van der Waals surface area contributed by atoms with Gasteiger partial charge in [0.25, 0.3) is 0 Å². The molecule has 0 saturated heterocycles. The number of hydrogen-bond acceptors (Lipinski definition) is 4. The van der Waals surface area contributed by atoms with E-state index in [0.29, 0.717) is 28.8 Å². The maximum Gasteiger partial charge on any atom is 0.242 e. The van der Waals surface area contributed by atoms with Gasteiger partial charge in [0.15, 0.2) is 0 Å². The number of nitrogens with zero attached hydrogens (tertiary/aromatic N) is 1. The van der Waals surface area contributed by atoms with Crippen molar-refractivity contribution < 1.29 is 19.1 Å². The lowest BCUT2D eigenvalue weighted by molar-refractivity contribution is -0.141. The summed E-state index contributed by atoms with van der Waals surface area (Å²) in [5.41, 5.74) is 0.729. The summed E-state index contributed by atoms with van der Waals surface area (Å²) in [5.74, 6) is 1.11. The molecule has 0 spiro atoms. The molecule has 0 bridgehead atoms. The van der Waals surface area contributed by atoms with Crippen LogP contribution in [0.1, 0.15) is 45.6 Å². The van der Waals surface area contributed by atoms with Gasteiger partial charge in [-0.1, -0.05) is 36.2 Å². The first-order valence-electron chi connectivity index (χ1n) is 11.1. The number of halogens is 2. The summed E-state index contributed by atoms with van der Waals surface area (Å²) in [7, 11) is 1.61. The van der Waals surface area contributed by atoms with Gasteiger partial charge in [-0.05, 0) is 68.7 Å². The minimum atomic E-state index is -0.652. The molecule has 0 aliphatic rings. The molecule has 2 rings (SSSR count). The fourth-order valence-corrected chi connectivity index (χ4v) is 3.58. The molecule has 0 heterocycles. The van der Waals surface area contributed by atoms with Gasteiger partial charge in [0.05, 0.1) is 13.7 Å². The first-order chi connectivity index (χ1) is 15.7. The van der Waals surface area contributed by atoms with Gasteiger partial charge in [-0.3, -0.25) is 9.59 Å². The summed E-state index contributed by atoms with van der Waals surface area (Å²) < 4.78 is 10.9. The zero-order chi connectivity index (χ0) is 24.4. The molecule has 2 atom stereocenters. The van der Waals surface area contributed by atoms with Crippen LogP contribution in [0, 0.1) is 0 Å².